The Bertz CT molecular complexity index is 532. The molecule has 1 aromatic rings. The molecule has 1 saturated heterocycles. The van der Waals surface area contributed by atoms with E-state index in [1.54, 1.807) is 13.2 Å². The third-order valence-electron chi connectivity index (χ3n) is 4.28. The second-order valence-corrected chi connectivity index (χ2v) is 5.65. The fraction of sp³-hybridized carbons (Fsp3) is 0.438. The maximum atomic E-state index is 12.0. The van der Waals surface area contributed by atoms with Crippen molar-refractivity contribution in [3.05, 3.63) is 35.9 Å². The zero-order chi connectivity index (χ0) is 13.5. The molecule has 3 rings (SSSR count). The van der Waals surface area contributed by atoms with Crippen LogP contribution < -0.4 is 4.74 Å². The second kappa shape index (κ2) is 4.41. The number of benzene rings is 1. The highest BCUT2D eigenvalue weighted by Crippen LogP contribution is 2.41. The van der Waals surface area contributed by atoms with Crippen molar-refractivity contribution in [2.75, 3.05) is 13.7 Å². The Hall–Kier alpha value is -1.77. The van der Waals surface area contributed by atoms with Crippen molar-refractivity contribution in [2.24, 2.45) is 0 Å². The van der Waals surface area contributed by atoms with Gasteiger partial charge >= 0.3 is 0 Å². The standard InChI is InChI=1S/C16H19NO2/c1-16-8-3-9-17(16)15(10-13(18)11-16)12-4-6-14(19-2)7-5-12/h4-7,10H,3,8-9,11H2,1-2H3/t16-/m1/s1. The van der Waals surface area contributed by atoms with Crippen molar-refractivity contribution >= 4 is 11.5 Å². The maximum absolute atomic E-state index is 12.0. The molecular formula is C16H19NO2. The number of ether oxygens (including phenoxy) is 1. The van der Waals surface area contributed by atoms with Gasteiger partial charge in [0.05, 0.1) is 7.11 Å². The SMILES string of the molecule is COc1ccc(C2=CC(=O)C[C@@]3(C)CCCN23)cc1. The Labute approximate surface area is 113 Å². The van der Waals surface area contributed by atoms with Crippen LogP contribution in [-0.2, 0) is 4.79 Å². The van der Waals surface area contributed by atoms with Gasteiger partial charge in [-0.3, -0.25) is 4.79 Å². The van der Waals surface area contributed by atoms with E-state index in [0.717, 1.165) is 36.4 Å². The van der Waals surface area contributed by atoms with E-state index in [4.69, 9.17) is 4.74 Å². The number of ketones is 1. The molecule has 1 atom stereocenters. The van der Waals surface area contributed by atoms with E-state index in [0.29, 0.717) is 6.42 Å². The van der Waals surface area contributed by atoms with Crippen molar-refractivity contribution in [2.45, 2.75) is 31.7 Å². The number of methoxy groups -OCH3 is 1. The minimum atomic E-state index is 0.0150. The van der Waals surface area contributed by atoms with Crippen LogP contribution in [0.4, 0.5) is 0 Å². The lowest BCUT2D eigenvalue weighted by atomic mass is 9.87. The summed E-state index contributed by atoms with van der Waals surface area (Å²) in [5.41, 5.74) is 2.18. The summed E-state index contributed by atoms with van der Waals surface area (Å²) >= 11 is 0. The third kappa shape index (κ3) is 2.03. The molecule has 2 heterocycles. The van der Waals surface area contributed by atoms with E-state index in [1.807, 2.05) is 24.3 Å². The summed E-state index contributed by atoms with van der Waals surface area (Å²) in [5, 5.41) is 0. The minimum Gasteiger partial charge on any atom is -0.497 e. The van der Waals surface area contributed by atoms with Crippen LogP contribution in [0.3, 0.4) is 0 Å². The van der Waals surface area contributed by atoms with E-state index in [2.05, 4.69) is 11.8 Å². The van der Waals surface area contributed by atoms with Gasteiger partial charge in [0.15, 0.2) is 5.78 Å². The largest absolute Gasteiger partial charge is 0.497 e. The van der Waals surface area contributed by atoms with Gasteiger partial charge in [-0.15, -0.1) is 0 Å². The van der Waals surface area contributed by atoms with Crippen molar-refractivity contribution in [1.82, 2.24) is 4.90 Å². The highest BCUT2D eigenvalue weighted by atomic mass is 16.5. The van der Waals surface area contributed by atoms with Crippen LogP contribution in [0.25, 0.3) is 5.70 Å². The zero-order valence-corrected chi connectivity index (χ0v) is 11.5. The first-order valence-corrected chi connectivity index (χ1v) is 6.79. The Morgan fingerprint density at radius 3 is 2.68 bits per heavy atom. The molecular weight excluding hydrogens is 238 g/mol. The molecule has 1 aromatic carbocycles. The van der Waals surface area contributed by atoms with Gasteiger partial charge in [-0.25, -0.2) is 0 Å². The molecule has 0 N–H and O–H groups in total. The van der Waals surface area contributed by atoms with Gasteiger partial charge in [0, 0.05) is 30.3 Å². The number of rotatable bonds is 2. The Morgan fingerprint density at radius 2 is 2.00 bits per heavy atom. The number of carbonyl (C=O) groups excluding carboxylic acids is 1. The van der Waals surface area contributed by atoms with Gasteiger partial charge in [0.25, 0.3) is 0 Å². The molecule has 0 unspecified atom stereocenters. The first kappa shape index (κ1) is 12.3. The lowest BCUT2D eigenvalue weighted by Gasteiger charge is -2.41. The van der Waals surface area contributed by atoms with E-state index < -0.39 is 0 Å². The lowest BCUT2D eigenvalue weighted by Crippen LogP contribution is -2.44. The van der Waals surface area contributed by atoms with Crippen molar-refractivity contribution in [1.29, 1.82) is 0 Å². The fourth-order valence-electron chi connectivity index (χ4n) is 3.28. The molecule has 2 aliphatic heterocycles. The van der Waals surface area contributed by atoms with Gasteiger partial charge in [0.1, 0.15) is 5.75 Å². The molecule has 0 spiro atoms. The predicted octanol–water partition coefficient (Wildman–Crippen LogP) is 2.86. The summed E-state index contributed by atoms with van der Waals surface area (Å²) in [6.45, 7) is 3.25. The van der Waals surface area contributed by atoms with E-state index >= 15 is 0 Å². The summed E-state index contributed by atoms with van der Waals surface area (Å²) in [5.74, 6) is 1.09. The Balaban J connectivity index is 1.99. The zero-order valence-electron chi connectivity index (χ0n) is 11.5. The van der Waals surface area contributed by atoms with Gasteiger partial charge in [-0.2, -0.15) is 0 Å². The van der Waals surface area contributed by atoms with E-state index in [9.17, 15) is 4.79 Å². The molecule has 0 saturated carbocycles. The van der Waals surface area contributed by atoms with Crippen molar-refractivity contribution < 1.29 is 9.53 Å². The monoisotopic (exact) mass is 257 g/mol. The third-order valence-corrected chi connectivity index (χ3v) is 4.28. The topological polar surface area (TPSA) is 29.5 Å². The van der Waals surface area contributed by atoms with Gasteiger partial charge in [-0.05, 0) is 49.6 Å². The van der Waals surface area contributed by atoms with E-state index in [-0.39, 0.29) is 11.3 Å². The molecule has 0 aromatic heterocycles. The van der Waals surface area contributed by atoms with E-state index in [1.165, 1.54) is 0 Å². The summed E-state index contributed by atoms with van der Waals surface area (Å²) in [6, 6.07) is 7.95. The Kier molecular flexibility index (Phi) is 2.85. The smallest absolute Gasteiger partial charge is 0.160 e. The van der Waals surface area contributed by atoms with Gasteiger partial charge in [-0.1, -0.05) is 0 Å². The Morgan fingerprint density at radius 1 is 1.26 bits per heavy atom. The molecule has 3 heteroatoms. The molecule has 0 aliphatic carbocycles. The first-order valence-electron chi connectivity index (χ1n) is 6.79. The van der Waals surface area contributed by atoms with Crippen molar-refractivity contribution in [3.63, 3.8) is 0 Å². The number of carbonyl (C=O) groups is 1. The van der Waals surface area contributed by atoms with Crippen molar-refractivity contribution in [3.8, 4) is 5.75 Å². The van der Waals surface area contributed by atoms with Crippen LogP contribution in [0.1, 0.15) is 31.7 Å². The second-order valence-electron chi connectivity index (χ2n) is 5.65. The number of nitrogens with zero attached hydrogens (tertiary/aromatic N) is 1. The predicted molar refractivity (Wildman–Crippen MR) is 74.9 cm³/mol. The number of allylic oxidation sites excluding steroid dienone is 1. The van der Waals surface area contributed by atoms with Gasteiger partial charge < -0.3 is 9.64 Å². The number of hydrogen-bond acceptors (Lipinski definition) is 3. The van der Waals surface area contributed by atoms with Crippen LogP contribution in [0.15, 0.2) is 30.3 Å². The molecule has 19 heavy (non-hydrogen) atoms. The average Bonchev–Trinajstić information content (AvgIpc) is 2.79. The molecule has 0 bridgehead atoms. The maximum Gasteiger partial charge on any atom is 0.160 e. The molecule has 0 radical (unpaired) electrons. The van der Waals surface area contributed by atoms with Gasteiger partial charge in [0.2, 0.25) is 0 Å². The molecule has 100 valence electrons. The normalized spacial score (nSPS) is 26.1. The highest BCUT2D eigenvalue weighted by molar-refractivity contribution is 5.99. The summed E-state index contributed by atoms with van der Waals surface area (Å²) in [6.07, 6.45) is 4.71. The lowest BCUT2D eigenvalue weighted by molar-refractivity contribution is -0.117. The van der Waals surface area contributed by atoms with Crippen LogP contribution >= 0.6 is 0 Å². The fourth-order valence-corrected chi connectivity index (χ4v) is 3.28. The minimum absolute atomic E-state index is 0.0150. The van der Waals surface area contributed by atoms with Crippen LogP contribution in [0.5, 0.6) is 5.75 Å². The molecule has 1 fully saturated rings. The number of hydrogen-bond donors (Lipinski definition) is 0. The van der Waals surface area contributed by atoms with Crippen LogP contribution in [0, 0.1) is 0 Å². The summed E-state index contributed by atoms with van der Waals surface area (Å²) < 4.78 is 5.18. The highest BCUT2D eigenvalue weighted by Gasteiger charge is 2.42. The number of fused-ring (bicyclic) bond motifs is 1. The molecule has 3 nitrogen and oxygen atoms in total. The summed E-state index contributed by atoms with van der Waals surface area (Å²) in [4.78, 5) is 14.4. The molecule has 2 aliphatic rings. The van der Waals surface area contributed by atoms with Crippen LogP contribution in [0.2, 0.25) is 0 Å². The quantitative estimate of drug-likeness (QED) is 0.816. The summed E-state index contributed by atoms with van der Waals surface area (Å²) in [7, 11) is 1.66. The molecule has 0 amide bonds. The average molecular weight is 257 g/mol. The first-order chi connectivity index (χ1) is 9.12. The van der Waals surface area contributed by atoms with Crippen LogP contribution in [-0.4, -0.2) is 29.9 Å².